The summed E-state index contributed by atoms with van der Waals surface area (Å²) >= 11 is 0. The lowest BCUT2D eigenvalue weighted by molar-refractivity contribution is 0.482. The van der Waals surface area contributed by atoms with E-state index in [2.05, 4.69) is 48.4 Å². The molecule has 4 aromatic rings. The third-order valence-corrected chi connectivity index (χ3v) is 5.74. The molecule has 5 nitrogen and oxygen atoms in total. The highest BCUT2D eigenvalue weighted by atomic mass is 16.1. The van der Waals surface area contributed by atoms with E-state index in [4.69, 9.17) is 5.10 Å². The number of hydrogen-bond donors (Lipinski definition) is 1. The quantitative estimate of drug-likeness (QED) is 0.500. The van der Waals surface area contributed by atoms with Gasteiger partial charge < -0.3 is 5.32 Å². The summed E-state index contributed by atoms with van der Waals surface area (Å²) in [4.78, 5) is 17.5. The molecule has 0 saturated carbocycles. The molecule has 2 heterocycles. The van der Waals surface area contributed by atoms with Gasteiger partial charge in [0.1, 0.15) is 6.17 Å². The average molecular weight is 409 g/mol. The lowest BCUT2D eigenvalue weighted by atomic mass is 10.0. The van der Waals surface area contributed by atoms with E-state index >= 15 is 0 Å². The minimum Gasteiger partial charge on any atom is -0.363 e. The fourth-order valence-electron chi connectivity index (χ4n) is 4.03. The Hall–Kier alpha value is -3.73. The molecule has 0 fully saturated rings. The monoisotopic (exact) mass is 408 g/mol. The Morgan fingerprint density at radius 2 is 1.65 bits per heavy atom. The number of nitrogens with zero attached hydrogens (tertiary/aromatic N) is 3. The van der Waals surface area contributed by atoms with Gasteiger partial charge in [0.05, 0.1) is 0 Å². The predicted octanol–water partition coefficient (Wildman–Crippen LogP) is 5.26. The van der Waals surface area contributed by atoms with Gasteiger partial charge >= 0.3 is 0 Å². The number of anilines is 1. The van der Waals surface area contributed by atoms with Crippen molar-refractivity contribution in [3.63, 3.8) is 0 Å². The van der Waals surface area contributed by atoms with Crippen LogP contribution >= 0.6 is 0 Å². The van der Waals surface area contributed by atoms with Gasteiger partial charge in [-0.05, 0) is 29.2 Å². The van der Waals surface area contributed by atoms with Crippen LogP contribution < -0.4 is 10.9 Å². The normalized spacial score (nSPS) is 14.6. The fourth-order valence-corrected chi connectivity index (χ4v) is 4.03. The number of benzene rings is 3. The molecule has 0 aliphatic carbocycles. The number of aromatic nitrogens is 3. The zero-order chi connectivity index (χ0) is 21.4. The highest BCUT2D eigenvalue weighted by Gasteiger charge is 2.27. The number of hydrogen-bond acceptors (Lipinski definition) is 4. The van der Waals surface area contributed by atoms with Crippen LogP contribution in [-0.2, 0) is 6.42 Å². The molecule has 0 spiro atoms. The van der Waals surface area contributed by atoms with Gasteiger partial charge in [0.2, 0.25) is 0 Å². The van der Waals surface area contributed by atoms with Crippen molar-refractivity contribution in [3.05, 3.63) is 100 Å². The SMILES string of the molecule is CC(C)c1ccc(-c2nn3c(nc2=O)-c2ccccc2N[C@H]3Cc2ccccc2)cc1. The maximum atomic E-state index is 13.0. The molecule has 1 N–H and O–H groups in total. The molecule has 0 amide bonds. The van der Waals surface area contributed by atoms with Crippen LogP contribution in [0.5, 0.6) is 0 Å². The Balaban J connectivity index is 1.63. The molecule has 154 valence electrons. The molecule has 0 radical (unpaired) electrons. The van der Waals surface area contributed by atoms with Crippen molar-refractivity contribution >= 4 is 5.69 Å². The first-order valence-electron chi connectivity index (χ1n) is 10.6. The molecule has 0 saturated heterocycles. The average Bonchev–Trinajstić information content (AvgIpc) is 2.79. The minimum atomic E-state index is -0.307. The molecule has 1 aromatic heterocycles. The zero-order valence-electron chi connectivity index (χ0n) is 17.6. The molecule has 5 heteroatoms. The predicted molar refractivity (Wildman–Crippen MR) is 124 cm³/mol. The molecule has 31 heavy (non-hydrogen) atoms. The number of fused-ring (bicyclic) bond motifs is 3. The number of rotatable bonds is 4. The maximum absolute atomic E-state index is 13.0. The zero-order valence-corrected chi connectivity index (χ0v) is 17.6. The van der Waals surface area contributed by atoms with Crippen LogP contribution in [0.4, 0.5) is 5.69 Å². The molecular weight excluding hydrogens is 384 g/mol. The molecule has 0 unspecified atom stereocenters. The van der Waals surface area contributed by atoms with Crippen molar-refractivity contribution in [2.24, 2.45) is 0 Å². The van der Waals surface area contributed by atoms with E-state index in [9.17, 15) is 4.79 Å². The van der Waals surface area contributed by atoms with Crippen LogP contribution in [0.25, 0.3) is 22.6 Å². The molecule has 1 aliphatic rings. The van der Waals surface area contributed by atoms with Crippen LogP contribution in [-0.4, -0.2) is 14.8 Å². The van der Waals surface area contributed by atoms with Gasteiger partial charge in [0.15, 0.2) is 11.5 Å². The third-order valence-electron chi connectivity index (χ3n) is 5.74. The topological polar surface area (TPSA) is 59.8 Å². The van der Waals surface area contributed by atoms with E-state index in [0.717, 1.165) is 23.2 Å². The molecule has 1 atom stereocenters. The number of para-hydroxylation sites is 1. The lowest BCUT2D eigenvalue weighted by Crippen LogP contribution is -2.32. The third kappa shape index (κ3) is 3.63. The standard InChI is InChI=1S/C26H24N4O/c1-17(2)19-12-14-20(15-13-19)24-26(31)28-25-21-10-6-7-11-22(21)27-23(30(25)29-24)16-18-8-4-3-5-9-18/h3-15,17,23,27H,16H2,1-2H3/t23-/m1/s1. The van der Waals surface area contributed by atoms with Crippen LogP contribution in [0.15, 0.2) is 83.7 Å². The van der Waals surface area contributed by atoms with Crippen molar-refractivity contribution in [2.75, 3.05) is 5.32 Å². The summed E-state index contributed by atoms with van der Waals surface area (Å²) in [6.07, 6.45) is 0.583. The van der Waals surface area contributed by atoms with Gasteiger partial charge in [0, 0.05) is 23.2 Å². The van der Waals surface area contributed by atoms with Gasteiger partial charge in [0.25, 0.3) is 5.56 Å². The first-order valence-corrected chi connectivity index (χ1v) is 10.6. The summed E-state index contributed by atoms with van der Waals surface area (Å²) in [7, 11) is 0. The van der Waals surface area contributed by atoms with E-state index in [1.54, 1.807) is 0 Å². The Labute approximate surface area is 181 Å². The Morgan fingerprint density at radius 1 is 0.935 bits per heavy atom. The van der Waals surface area contributed by atoms with Gasteiger partial charge in [-0.3, -0.25) is 4.79 Å². The van der Waals surface area contributed by atoms with Crippen molar-refractivity contribution in [1.29, 1.82) is 0 Å². The van der Waals surface area contributed by atoms with Crippen LogP contribution in [0, 0.1) is 0 Å². The van der Waals surface area contributed by atoms with Crippen molar-refractivity contribution in [3.8, 4) is 22.6 Å². The van der Waals surface area contributed by atoms with E-state index in [0.29, 0.717) is 17.4 Å². The van der Waals surface area contributed by atoms with Gasteiger partial charge in [-0.2, -0.15) is 10.1 Å². The lowest BCUT2D eigenvalue weighted by Gasteiger charge is -2.30. The fraction of sp³-hybridized carbons (Fsp3) is 0.192. The Bertz CT molecular complexity index is 1280. The highest BCUT2D eigenvalue weighted by molar-refractivity contribution is 5.76. The maximum Gasteiger partial charge on any atom is 0.300 e. The second kappa shape index (κ2) is 7.84. The van der Waals surface area contributed by atoms with Gasteiger partial charge in [-0.1, -0.05) is 80.6 Å². The Kier molecular flexibility index (Phi) is 4.86. The van der Waals surface area contributed by atoms with Crippen molar-refractivity contribution < 1.29 is 0 Å². The summed E-state index contributed by atoms with van der Waals surface area (Å²) in [5.74, 6) is 1.03. The second-order valence-electron chi connectivity index (χ2n) is 8.21. The summed E-state index contributed by atoms with van der Waals surface area (Å²) in [5, 5.41) is 8.40. The largest absolute Gasteiger partial charge is 0.363 e. The molecule has 1 aliphatic heterocycles. The Morgan fingerprint density at radius 3 is 2.39 bits per heavy atom. The smallest absolute Gasteiger partial charge is 0.300 e. The number of nitrogens with one attached hydrogen (secondary N) is 1. The minimum absolute atomic E-state index is 0.144. The van der Waals surface area contributed by atoms with Crippen molar-refractivity contribution in [1.82, 2.24) is 14.8 Å². The van der Waals surface area contributed by atoms with E-state index in [-0.39, 0.29) is 11.7 Å². The molecule has 5 rings (SSSR count). The van der Waals surface area contributed by atoms with Crippen LogP contribution in [0.2, 0.25) is 0 Å². The van der Waals surface area contributed by atoms with E-state index in [1.807, 2.05) is 59.3 Å². The van der Waals surface area contributed by atoms with E-state index in [1.165, 1.54) is 11.1 Å². The van der Waals surface area contributed by atoms with Gasteiger partial charge in [-0.15, -0.1) is 0 Å². The first-order chi connectivity index (χ1) is 15.1. The summed E-state index contributed by atoms with van der Waals surface area (Å²) in [6, 6.07) is 26.2. The first kappa shape index (κ1) is 19.2. The molecule has 3 aromatic carbocycles. The second-order valence-corrected chi connectivity index (χ2v) is 8.21. The molecular formula is C26H24N4O. The highest BCUT2D eigenvalue weighted by Crippen LogP contribution is 2.35. The molecule has 0 bridgehead atoms. The summed E-state index contributed by atoms with van der Waals surface area (Å²) in [6.45, 7) is 4.31. The summed E-state index contributed by atoms with van der Waals surface area (Å²) < 4.78 is 1.86. The van der Waals surface area contributed by atoms with Crippen LogP contribution in [0.3, 0.4) is 0 Å². The summed E-state index contributed by atoms with van der Waals surface area (Å²) in [5.41, 5.74) is 5.12. The van der Waals surface area contributed by atoms with Crippen molar-refractivity contribution in [2.45, 2.75) is 32.4 Å². The van der Waals surface area contributed by atoms with E-state index < -0.39 is 0 Å². The van der Waals surface area contributed by atoms with Gasteiger partial charge in [-0.25, -0.2) is 4.68 Å². The van der Waals surface area contributed by atoms with Crippen LogP contribution in [0.1, 0.15) is 37.1 Å².